The van der Waals surface area contributed by atoms with Crippen LogP contribution in [0.5, 0.6) is 0 Å². The Labute approximate surface area is 86.5 Å². The van der Waals surface area contributed by atoms with Crippen LogP contribution in [0.2, 0.25) is 0 Å². The van der Waals surface area contributed by atoms with Gasteiger partial charge in [0.15, 0.2) is 0 Å². The molecule has 1 aromatic heterocycles. The van der Waals surface area contributed by atoms with Gasteiger partial charge < -0.3 is 5.32 Å². The van der Waals surface area contributed by atoms with Crippen LogP contribution in [0.3, 0.4) is 0 Å². The molecule has 78 valence electrons. The number of aryl methyl sites for hydroxylation is 1. The number of amides is 1. The first-order valence-corrected chi connectivity index (χ1v) is 5.12. The van der Waals surface area contributed by atoms with Crippen LogP contribution >= 0.6 is 0 Å². The Morgan fingerprint density at radius 2 is 2.27 bits per heavy atom. The summed E-state index contributed by atoms with van der Waals surface area (Å²) in [5, 5.41) is 6.91. The second-order valence-corrected chi connectivity index (χ2v) is 4.13. The molecule has 5 nitrogen and oxygen atoms in total. The van der Waals surface area contributed by atoms with E-state index in [1.807, 2.05) is 6.92 Å². The van der Waals surface area contributed by atoms with E-state index in [9.17, 15) is 9.59 Å². The highest BCUT2D eigenvalue weighted by atomic mass is 16.2. The Morgan fingerprint density at radius 1 is 1.53 bits per heavy atom. The van der Waals surface area contributed by atoms with Gasteiger partial charge >= 0.3 is 0 Å². The zero-order chi connectivity index (χ0) is 10.6. The molecule has 0 saturated heterocycles. The molecule has 2 heterocycles. The van der Waals surface area contributed by atoms with E-state index in [1.54, 1.807) is 6.07 Å². The number of aromatic nitrogens is 2. The zero-order valence-electron chi connectivity index (χ0n) is 8.41. The van der Waals surface area contributed by atoms with Gasteiger partial charge in [-0.05, 0) is 19.3 Å². The molecule has 1 saturated carbocycles. The maximum absolute atomic E-state index is 12.0. The van der Waals surface area contributed by atoms with Crippen LogP contribution in [-0.4, -0.2) is 21.6 Å². The van der Waals surface area contributed by atoms with E-state index in [2.05, 4.69) is 10.4 Å². The number of anilines is 1. The Bertz CT molecular complexity index is 471. The molecule has 1 N–H and O–H groups in total. The standard InChI is InChI=1S/C10H11N3O2/c1-2-6-5-7-11-8(14)10(3-4-10)9(15)13(7)12-6/h5H,2-4H2,1H3,(H,11,14). The summed E-state index contributed by atoms with van der Waals surface area (Å²) in [6.07, 6.45) is 2.06. The molecule has 1 amide bonds. The second-order valence-electron chi connectivity index (χ2n) is 4.13. The summed E-state index contributed by atoms with van der Waals surface area (Å²) in [5.41, 5.74) is 0.0423. The van der Waals surface area contributed by atoms with E-state index in [-0.39, 0.29) is 11.8 Å². The first kappa shape index (κ1) is 8.64. The van der Waals surface area contributed by atoms with E-state index < -0.39 is 5.41 Å². The minimum atomic E-state index is -0.788. The summed E-state index contributed by atoms with van der Waals surface area (Å²) in [5.74, 6) is 0.183. The molecule has 15 heavy (non-hydrogen) atoms. The Kier molecular flexibility index (Phi) is 1.43. The van der Waals surface area contributed by atoms with Gasteiger partial charge in [-0.2, -0.15) is 9.78 Å². The maximum atomic E-state index is 12.0. The highest BCUT2D eigenvalue weighted by Gasteiger charge is 2.60. The SMILES string of the molecule is CCc1cc2n(n1)C(=O)C1(CC1)C(=O)N2. The van der Waals surface area contributed by atoms with Crippen molar-refractivity contribution in [1.29, 1.82) is 0 Å². The van der Waals surface area contributed by atoms with E-state index in [0.29, 0.717) is 18.7 Å². The third kappa shape index (κ3) is 0.948. The van der Waals surface area contributed by atoms with E-state index in [0.717, 1.165) is 12.1 Å². The lowest BCUT2D eigenvalue weighted by molar-refractivity contribution is -0.120. The van der Waals surface area contributed by atoms with Crippen LogP contribution in [0.4, 0.5) is 5.82 Å². The highest BCUT2D eigenvalue weighted by Crippen LogP contribution is 2.50. The summed E-state index contributed by atoms with van der Waals surface area (Å²) in [6, 6.07) is 1.76. The van der Waals surface area contributed by atoms with Crippen LogP contribution in [-0.2, 0) is 11.2 Å². The highest BCUT2D eigenvalue weighted by molar-refractivity contribution is 6.17. The number of carbonyl (C=O) groups excluding carboxylic acids is 2. The number of nitrogens with one attached hydrogen (secondary N) is 1. The van der Waals surface area contributed by atoms with Crippen molar-refractivity contribution in [2.75, 3.05) is 5.32 Å². The molecule has 1 aliphatic carbocycles. The molecule has 3 rings (SSSR count). The molecule has 0 bridgehead atoms. The average Bonchev–Trinajstić information content (AvgIpc) is 2.92. The lowest BCUT2D eigenvalue weighted by atomic mass is 10.0. The first-order valence-electron chi connectivity index (χ1n) is 5.12. The van der Waals surface area contributed by atoms with Crippen molar-refractivity contribution < 1.29 is 9.59 Å². The fraction of sp³-hybridized carbons (Fsp3) is 0.500. The minimum Gasteiger partial charge on any atom is -0.310 e. The Balaban J connectivity index is 2.12. The number of fused-ring (bicyclic) bond motifs is 1. The predicted molar refractivity (Wildman–Crippen MR) is 52.5 cm³/mol. The zero-order valence-corrected chi connectivity index (χ0v) is 8.41. The predicted octanol–water partition coefficient (Wildman–Crippen LogP) is 0.818. The summed E-state index contributed by atoms with van der Waals surface area (Å²) in [4.78, 5) is 23.7. The summed E-state index contributed by atoms with van der Waals surface area (Å²) in [6.45, 7) is 1.97. The van der Waals surface area contributed by atoms with Gasteiger partial charge in [0.05, 0.1) is 5.69 Å². The fourth-order valence-corrected chi connectivity index (χ4v) is 1.95. The van der Waals surface area contributed by atoms with Crippen molar-refractivity contribution in [3.63, 3.8) is 0 Å². The number of rotatable bonds is 1. The number of hydrogen-bond acceptors (Lipinski definition) is 3. The molecular weight excluding hydrogens is 194 g/mol. The number of hydrogen-bond donors (Lipinski definition) is 1. The minimum absolute atomic E-state index is 0.164. The number of nitrogens with zero attached hydrogens (tertiary/aromatic N) is 2. The van der Waals surface area contributed by atoms with Gasteiger partial charge in [0.2, 0.25) is 5.91 Å². The van der Waals surface area contributed by atoms with Crippen LogP contribution in [0.1, 0.15) is 30.3 Å². The molecule has 5 heteroatoms. The van der Waals surface area contributed by atoms with Crippen LogP contribution in [0.25, 0.3) is 0 Å². The van der Waals surface area contributed by atoms with Gasteiger partial charge in [0.25, 0.3) is 5.91 Å². The van der Waals surface area contributed by atoms with E-state index in [1.165, 1.54) is 4.68 Å². The van der Waals surface area contributed by atoms with Crippen molar-refractivity contribution in [2.24, 2.45) is 5.41 Å². The van der Waals surface area contributed by atoms with Crippen LogP contribution in [0.15, 0.2) is 6.07 Å². The van der Waals surface area contributed by atoms with Crippen LogP contribution < -0.4 is 5.32 Å². The Hall–Kier alpha value is -1.65. The monoisotopic (exact) mass is 205 g/mol. The van der Waals surface area contributed by atoms with Crippen molar-refractivity contribution >= 4 is 17.6 Å². The molecular formula is C10H11N3O2. The molecule has 0 atom stereocenters. The molecule has 1 fully saturated rings. The maximum Gasteiger partial charge on any atom is 0.264 e. The molecule has 0 radical (unpaired) electrons. The number of carbonyl (C=O) groups is 2. The third-order valence-electron chi connectivity index (χ3n) is 3.15. The molecule has 0 unspecified atom stereocenters. The second kappa shape index (κ2) is 2.48. The van der Waals surface area contributed by atoms with E-state index >= 15 is 0 Å². The largest absolute Gasteiger partial charge is 0.310 e. The van der Waals surface area contributed by atoms with Gasteiger partial charge in [0.1, 0.15) is 11.2 Å². The first-order chi connectivity index (χ1) is 7.17. The fourth-order valence-electron chi connectivity index (χ4n) is 1.95. The van der Waals surface area contributed by atoms with Gasteiger partial charge in [-0.25, -0.2) is 0 Å². The third-order valence-corrected chi connectivity index (χ3v) is 3.15. The molecule has 1 aliphatic heterocycles. The summed E-state index contributed by atoms with van der Waals surface area (Å²) >= 11 is 0. The molecule has 1 spiro atoms. The lowest BCUT2D eigenvalue weighted by Gasteiger charge is -2.20. The molecule has 1 aromatic rings. The average molecular weight is 205 g/mol. The topological polar surface area (TPSA) is 64.0 Å². The lowest BCUT2D eigenvalue weighted by Crippen LogP contribution is -2.41. The summed E-state index contributed by atoms with van der Waals surface area (Å²) in [7, 11) is 0. The van der Waals surface area contributed by atoms with Crippen molar-refractivity contribution in [3.8, 4) is 0 Å². The van der Waals surface area contributed by atoms with Gasteiger partial charge in [-0.1, -0.05) is 6.92 Å². The van der Waals surface area contributed by atoms with Gasteiger partial charge in [-0.15, -0.1) is 0 Å². The quantitative estimate of drug-likeness (QED) is 0.690. The molecule has 0 aromatic carbocycles. The van der Waals surface area contributed by atoms with Crippen LogP contribution in [0, 0.1) is 5.41 Å². The van der Waals surface area contributed by atoms with Gasteiger partial charge in [-0.3, -0.25) is 9.59 Å². The van der Waals surface area contributed by atoms with E-state index in [4.69, 9.17) is 0 Å². The normalized spacial score (nSPS) is 21.4. The van der Waals surface area contributed by atoms with Gasteiger partial charge in [0, 0.05) is 6.07 Å². The summed E-state index contributed by atoms with van der Waals surface area (Å²) < 4.78 is 1.34. The smallest absolute Gasteiger partial charge is 0.264 e. The Morgan fingerprint density at radius 3 is 2.87 bits per heavy atom. The van der Waals surface area contributed by atoms with Crippen molar-refractivity contribution in [3.05, 3.63) is 11.8 Å². The van der Waals surface area contributed by atoms with Crippen molar-refractivity contribution in [1.82, 2.24) is 9.78 Å². The van der Waals surface area contributed by atoms with Crippen molar-refractivity contribution in [2.45, 2.75) is 26.2 Å². The molecule has 2 aliphatic rings.